The summed E-state index contributed by atoms with van der Waals surface area (Å²) in [6.45, 7) is 2.39. The zero-order chi connectivity index (χ0) is 14.4. The first-order valence-corrected chi connectivity index (χ1v) is 6.71. The lowest BCUT2D eigenvalue weighted by Crippen LogP contribution is -2.38. The SMILES string of the molecule is NC(=O)NC(=O)CCN1CC=C(c2ccccc2)CC1. The number of rotatable bonds is 4. The minimum absolute atomic E-state index is 0.289. The Bertz CT molecular complexity index is 511. The first kappa shape index (κ1) is 14.3. The van der Waals surface area contributed by atoms with Crippen LogP contribution in [0.5, 0.6) is 0 Å². The Hall–Kier alpha value is -2.14. The van der Waals surface area contributed by atoms with Gasteiger partial charge in [0.15, 0.2) is 0 Å². The Kier molecular flexibility index (Phi) is 4.90. The standard InChI is InChI=1S/C15H19N3O2/c16-15(20)17-14(19)8-11-18-9-6-13(7-10-18)12-4-2-1-3-5-12/h1-6H,7-11H2,(H3,16,17,19,20). The van der Waals surface area contributed by atoms with E-state index in [4.69, 9.17) is 5.73 Å². The van der Waals surface area contributed by atoms with E-state index in [1.54, 1.807) is 0 Å². The van der Waals surface area contributed by atoms with Gasteiger partial charge >= 0.3 is 6.03 Å². The lowest BCUT2D eigenvalue weighted by atomic mass is 9.99. The molecule has 1 heterocycles. The molecule has 0 fully saturated rings. The predicted molar refractivity (Wildman–Crippen MR) is 77.8 cm³/mol. The van der Waals surface area contributed by atoms with Crippen LogP contribution in [0.4, 0.5) is 4.79 Å². The van der Waals surface area contributed by atoms with Gasteiger partial charge in [-0.3, -0.25) is 15.0 Å². The van der Waals surface area contributed by atoms with Crippen LogP contribution in [0.25, 0.3) is 5.57 Å². The molecule has 106 valence electrons. The van der Waals surface area contributed by atoms with Crippen LogP contribution in [0.3, 0.4) is 0 Å². The number of imide groups is 1. The molecule has 1 aliphatic heterocycles. The van der Waals surface area contributed by atoms with Crippen molar-refractivity contribution in [3.05, 3.63) is 42.0 Å². The molecule has 0 bridgehead atoms. The molecule has 0 spiro atoms. The van der Waals surface area contributed by atoms with Gasteiger partial charge in [-0.15, -0.1) is 0 Å². The summed E-state index contributed by atoms with van der Waals surface area (Å²) in [4.78, 5) is 24.0. The van der Waals surface area contributed by atoms with Crippen LogP contribution >= 0.6 is 0 Å². The van der Waals surface area contributed by atoms with Gasteiger partial charge in [0.25, 0.3) is 0 Å². The first-order valence-electron chi connectivity index (χ1n) is 6.71. The van der Waals surface area contributed by atoms with Gasteiger partial charge in [-0.1, -0.05) is 36.4 Å². The molecule has 1 aromatic carbocycles. The van der Waals surface area contributed by atoms with Crippen LogP contribution in [-0.4, -0.2) is 36.5 Å². The third-order valence-corrected chi connectivity index (χ3v) is 3.36. The van der Waals surface area contributed by atoms with Crippen LogP contribution in [0.15, 0.2) is 36.4 Å². The van der Waals surface area contributed by atoms with Crippen LogP contribution in [0.1, 0.15) is 18.4 Å². The van der Waals surface area contributed by atoms with Gasteiger partial charge < -0.3 is 5.73 Å². The number of carbonyl (C=O) groups is 2. The fourth-order valence-electron chi connectivity index (χ4n) is 2.29. The van der Waals surface area contributed by atoms with E-state index >= 15 is 0 Å². The van der Waals surface area contributed by atoms with Crippen molar-refractivity contribution in [2.75, 3.05) is 19.6 Å². The highest BCUT2D eigenvalue weighted by atomic mass is 16.2. The molecule has 3 amide bonds. The topological polar surface area (TPSA) is 75.4 Å². The minimum atomic E-state index is -0.792. The molecular weight excluding hydrogens is 254 g/mol. The molecule has 1 aliphatic rings. The molecule has 20 heavy (non-hydrogen) atoms. The van der Waals surface area contributed by atoms with Gasteiger partial charge in [-0.2, -0.15) is 0 Å². The molecule has 0 saturated heterocycles. The highest BCUT2D eigenvalue weighted by molar-refractivity contribution is 5.93. The first-order chi connectivity index (χ1) is 9.65. The molecule has 0 unspecified atom stereocenters. The number of amides is 3. The van der Waals surface area contributed by atoms with E-state index in [0.717, 1.165) is 19.5 Å². The largest absolute Gasteiger partial charge is 0.351 e. The normalized spacial score (nSPS) is 15.5. The molecule has 5 nitrogen and oxygen atoms in total. The number of nitrogens with one attached hydrogen (secondary N) is 1. The third-order valence-electron chi connectivity index (χ3n) is 3.36. The van der Waals surface area contributed by atoms with E-state index in [1.165, 1.54) is 11.1 Å². The van der Waals surface area contributed by atoms with Crippen molar-refractivity contribution in [1.82, 2.24) is 10.2 Å². The number of urea groups is 1. The smallest absolute Gasteiger partial charge is 0.318 e. The molecule has 5 heteroatoms. The van der Waals surface area contributed by atoms with Crippen molar-refractivity contribution in [2.45, 2.75) is 12.8 Å². The van der Waals surface area contributed by atoms with Crippen LogP contribution in [0.2, 0.25) is 0 Å². The summed E-state index contributed by atoms with van der Waals surface area (Å²) in [5.41, 5.74) is 7.50. The van der Waals surface area contributed by atoms with Crippen LogP contribution in [0, 0.1) is 0 Å². The minimum Gasteiger partial charge on any atom is -0.351 e. The molecular formula is C15H19N3O2. The highest BCUT2D eigenvalue weighted by Gasteiger charge is 2.14. The van der Waals surface area contributed by atoms with Crippen molar-refractivity contribution in [3.63, 3.8) is 0 Å². The second-order valence-electron chi connectivity index (χ2n) is 4.81. The number of hydrogen-bond donors (Lipinski definition) is 2. The molecule has 0 radical (unpaired) electrons. The summed E-state index contributed by atoms with van der Waals surface area (Å²) in [6, 6.07) is 9.52. The maximum atomic E-state index is 11.3. The Labute approximate surface area is 118 Å². The zero-order valence-corrected chi connectivity index (χ0v) is 11.3. The lowest BCUT2D eigenvalue weighted by molar-refractivity contribution is -0.120. The molecule has 2 rings (SSSR count). The Balaban J connectivity index is 1.80. The summed E-state index contributed by atoms with van der Waals surface area (Å²) in [5.74, 6) is -0.324. The van der Waals surface area contributed by atoms with Gasteiger partial charge in [-0.25, -0.2) is 4.79 Å². The Morgan fingerprint density at radius 3 is 2.60 bits per heavy atom. The summed E-state index contributed by atoms with van der Waals surface area (Å²) in [7, 11) is 0. The Morgan fingerprint density at radius 1 is 1.25 bits per heavy atom. The predicted octanol–water partition coefficient (Wildman–Crippen LogP) is 1.36. The van der Waals surface area contributed by atoms with Crippen molar-refractivity contribution in [2.24, 2.45) is 5.73 Å². The van der Waals surface area contributed by atoms with E-state index in [-0.39, 0.29) is 12.3 Å². The van der Waals surface area contributed by atoms with Gasteiger partial charge in [0.1, 0.15) is 0 Å². The van der Waals surface area contributed by atoms with Crippen molar-refractivity contribution in [1.29, 1.82) is 0 Å². The van der Waals surface area contributed by atoms with Gasteiger partial charge in [0.2, 0.25) is 5.91 Å². The van der Waals surface area contributed by atoms with Crippen molar-refractivity contribution in [3.8, 4) is 0 Å². The van der Waals surface area contributed by atoms with E-state index < -0.39 is 6.03 Å². The monoisotopic (exact) mass is 273 g/mol. The second kappa shape index (κ2) is 6.86. The number of nitrogens with zero attached hydrogens (tertiary/aromatic N) is 1. The number of carbonyl (C=O) groups excluding carboxylic acids is 2. The molecule has 1 aromatic rings. The highest BCUT2D eigenvalue weighted by Crippen LogP contribution is 2.21. The Morgan fingerprint density at radius 2 is 2.00 bits per heavy atom. The fourth-order valence-corrected chi connectivity index (χ4v) is 2.29. The summed E-state index contributed by atoms with van der Waals surface area (Å²) < 4.78 is 0. The van der Waals surface area contributed by atoms with Gasteiger partial charge in [0.05, 0.1) is 0 Å². The quantitative estimate of drug-likeness (QED) is 0.869. The number of hydrogen-bond acceptors (Lipinski definition) is 3. The molecule has 0 aliphatic carbocycles. The lowest BCUT2D eigenvalue weighted by Gasteiger charge is -2.26. The van der Waals surface area contributed by atoms with Gasteiger partial charge in [0, 0.05) is 26.1 Å². The molecule has 0 aromatic heterocycles. The fraction of sp³-hybridized carbons (Fsp3) is 0.333. The van der Waals surface area contributed by atoms with E-state index in [1.807, 2.05) is 18.2 Å². The molecule has 0 atom stereocenters. The average Bonchev–Trinajstić information content (AvgIpc) is 2.46. The second-order valence-corrected chi connectivity index (χ2v) is 4.81. The van der Waals surface area contributed by atoms with E-state index in [2.05, 4.69) is 28.4 Å². The molecule has 0 saturated carbocycles. The number of benzene rings is 1. The van der Waals surface area contributed by atoms with Crippen molar-refractivity contribution < 1.29 is 9.59 Å². The number of nitrogens with two attached hydrogens (primary N) is 1. The summed E-state index contributed by atoms with van der Waals surface area (Å²) in [5, 5.41) is 2.07. The number of primary amides is 1. The summed E-state index contributed by atoms with van der Waals surface area (Å²) >= 11 is 0. The maximum Gasteiger partial charge on any atom is 0.318 e. The maximum absolute atomic E-state index is 11.3. The van der Waals surface area contributed by atoms with Gasteiger partial charge in [-0.05, 0) is 17.6 Å². The van der Waals surface area contributed by atoms with Crippen molar-refractivity contribution >= 4 is 17.5 Å². The van der Waals surface area contributed by atoms with Crippen LogP contribution in [-0.2, 0) is 4.79 Å². The van der Waals surface area contributed by atoms with Crippen LogP contribution < -0.4 is 11.1 Å². The van der Waals surface area contributed by atoms with E-state index in [9.17, 15) is 9.59 Å². The molecule has 3 N–H and O–H groups in total. The average molecular weight is 273 g/mol. The summed E-state index contributed by atoms with van der Waals surface area (Å²) in [6.07, 6.45) is 3.46. The third kappa shape index (κ3) is 4.20. The van der Waals surface area contributed by atoms with E-state index in [0.29, 0.717) is 6.54 Å². The zero-order valence-electron chi connectivity index (χ0n) is 11.3.